The summed E-state index contributed by atoms with van der Waals surface area (Å²) < 4.78 is 2.17. The molecule has 0 unspecified atom stereocenters. The lowest BCUT2D eigenvalue weighted by atomic mass is 10.2. The summed E-state index contributed by atoms with van der Waals surface area (Å²) in [4.78, 5) is 4.33. The monoisotopic (exact) mass is 224 g/mol. The number of hydrogen-bond acceptors (Lipinski definition) is 1. The molecule has 0 aromatic carbocycles. The molecule has 2 heterocycles. The van der Waals surface area contributed by atoms with Crippen LogP contribution in [0.25, 0.3) is 6.20 Å². The van der Waals surface area contributed by atoms with Gasteiger partial charge >= 0.3 is 0 Å². The second-order valence-electron chi connectivity index (χ2n) is 2.96. The minimum atomic E-state index is 0. The van der Waals surface area contributed by atoms with Gasteiger partial charge in [0.05, 0.1) is 0 Å². The van der Waals surface area contributed by atoms with Gasteiger partial charge in [0.15, 0.2) is 0 Å². The second-order valence-corrected chi connectivity index (χ2v) is 2.96. The van der Waals surface area contributed by atoms with Gasteiger partial charge in [-0.1, -0.05) is 41.2 Å². The van der Waals surface area contributed by atoms with Crippen molar-refractivity contribution in [2.24, 2.45) is 0 Å². The molecule has 94 valence electrons. The van der Waals surface area contributed by atoms with E-state index >= 15 is 0 Å². The van der Waals surface area contributed by atoms with E-state index in [-0.39, 0.29) is 7.43 Å². The Hall–Kier alpha value is -1.05. The molecule has 0 radical (unpaired) electrons. The Balaban J connectivity index is 0. The van der Waals surface area contributed by atoms with Gasteiger partial charge < -0.3 is 4.57 Å². The van der Waals surface area contributed by atoms with Gasteiger partial charge in [0.25, 0.3) is 0 Å². The predicted octanol–water partition coefficient (Wildman–Crippen LogP) is 4.69. The van der Waals surface area contributed by atoms with Crippen molar-refractivity contribution in [2.75, 3.05) is 0 Å². The van der Waals surface area contributed by atoms with Gasteiger partial charge in [-0.05, 0) is 19.8 Å². The van der Waals surface area contributed by atoms with E-state index in [1.807, 2.05) is 33.9 Å². The lowest BCUT2D eigenvalue weighted by Crippen LogP contribution is -1.95. The van der Waals surface area contributed by atoms with Crippen molar-refractivity contribution in [3.8, 4) is 0 Å². The maximum absolute atomic E-state index is 4.33. The second kappa shape index (κ2) is 10.5. The number of aromatic nitrogens is 2. The van der Waals surface area contributed by atoms with Crippen LogP contribution in [0.4, 0.5) is 0 Å². The number of nitrogens with zero attached hydrogens (tertiary/aromatic N) is 2. The molecule has 0 aliphatic carbocycles. The molecule has 2 nitrogen and oxygen atoms in total. The molecule has 0 saturated heterocycles. The first-order valence-electron chi connectivity index (χ1n) is 6.07. The molecule has 2 rings (SSSR count). The van der Waals surface area contributed by atoms with Crippen molar-refractivity contribution in [1.29, 1.82) is 0 Å². The highest BCUT2D eigenvalue weighted by Gasteiger charge is 2.05. The maximum atomic E-state index is 4.33. The quantitative estimate of drug-likeness (QED) is 0.625. The zero-order valence-corrected chi connectivity index (χ0v) is 10.7. The summed E-state index contributed by atoms with van der Waals surface area (Å²) in [5.74, 6) is 1.20. The summed E-state index contributed by atoms with van der Waals surface area (Å²) in [6.45, 7) is 10.1. The molecule has 0 saturated carbocycles. The average molecular weight is 224 g/mol. The summed E-state index contributed by atoms with van der Waals surface area (Å²) >= 11 is 0. The number of fused-ring (bicyclic) bond motifs is 1. The van der Waals surface area contributed by atoms with Crippen LogP contribution < -0.4 is 0 Å². The maximum Gasteiger partial charge on any atom is 0.112 e. The summed E-state index contributed by atoms with van der Waals surface area (Å²) in [7, 11) is 0. The number of imidazole rings is 1. The topological polar surface area (TPSA) is 17.8 Å². The van der Waals surface area contributed by atoms with Crippen LogP contribution in [-0.4, -0.2) is 9.55 Å². The zero-order valence-electron chi connectivity index (χ0n) is 10.7. The van der Waals surface area contributed by atoms with Crippen LogP contribution in [0.5, 0.6) is 0 Å². The third-order valence-electron chi connectivity index (χ3n) is 2.08. The molecule has 0 spiro atoms. The van der Waals surface area contributed by atoms with Gasteiger partial charge in [-0.2, -0.15) is 0 Å². The first kappa shape index (κ1) is 17.3. The number of allylic oxidation sites excluding steroid dienone is 1. The van der Waals surface area contributed by atoms with E-state index in [9.17, 15) is 0 Å². The minimum Gasteiger partial charge on any atom is -0.308 e. The Morgan fingerprint density at radius 3 is 2.44 bits per heavy atom. The number of hydrogen-bond donors (Lipinski definition) is 0. The Bertz CT molecular complexity index is 285. The van der Waals surface area contributed by atoms with E-state index in [1.54, 1.807) is 0 Å². The molecule has 1 aromatic heterocycles. The normalized spacial score (nSPS) is 11.8. The van der Waals surface area contributed by atoms with Crippen LogP contribution in [0, 0.1) is 6.92 Å². The highest BCUT2D eigenvalue weighted by atomic mass is 15.1. The van der Waals surface area contributed by atoms with Crippen molar-refractivity contribution in [3.05, 3.63) is 23.8 Å². The van der Waals surface area contributed by atoms with Gasteiger partial charge in [0.2, 0.25) is 0 Å². The molecule has 1 aliphatic rings. The molecule has 0 amide bonds. The van der Waals surface area contributed by atoms with E-state index in [0.717, 1.165) is 6.42 Å². The summed E-state index contributed by atoms with van der Waals surface area (Å²) in [6.07, 6.45) is 9.80. The fraction of sp³-hybridized carbons (Fsp3) is 0.643. The molecule has 1 aromatic rings. The molecular formula is C14H28N2. The van der Waals surface area contributed by atoms with E-state index in [0.29, 0.717) is 0 Å². The molecule has 0 fully saturated rings. The third kappa shape index (κ3) is 4.65. The average Bonchev–Trinajstić information content (AvgIpc) is 2.56. The predicted molar refractivity (Wildman–Crippen MR) is 74.7 cm³/mol. The lowest BCUT2D eigenvalue weighted by molar-refractivity contribution is 0.795. The van der Waals surface area contributed by atoms with Crippen LogP contribution >= 0.6 is 0 Å². The lowest BCUT2D eigenvalue weighted by Gasteiger charge is -1.99. The van der Waals surface area contributed by atoms with Crippen molar-refractivity contribution >= 4 is 6.20 Å². The SMILES string of the molecule is C.CC.CC.Cc1cnc2n1C=CCCC2. The standard InChI is InChI=1S/C9H12N2.2C2H6.CH4/c1-8-7-10-9-5-3-2-4-6-11(8)9;2*1-2;/h4,6-7H,2-3,5H2,1H3;2*1-2H3;1H4. The fourth-order valence-electron chi connectivity index (χ4n) is 1.44. The highest BCUT2D eigenvalue weighted by molar-refractivity contribution is 5.29. The third-order valence-corrected chi connectivity index (χ3v) is 2.08. The van der Waals surface area contributed by atoms with Crippen LogP contribution in [0.2, 0.25) is 0 Å². The largest absolute Gasteiger partial charge is 0.308 e. The van der Waals surface area contributed by atoms with E-state index in [2.05, 4.69) is 28.8 Å². The number of rotatable bonds is 0. The minimum absolute atomic E-state index is 0. The van der Waals surface area contributed by atoms with E-state index < -0.39 is 0 Å². The van der Waals surface area contributed by atoms with Crippen molar-refractivity contribution < 1.29 is 0 Å². The first-order valence-corrected chi connectivity index (χ1v) is 6.07. The molecule has 0 atom stereocenters. The zero-order chi connectivity index (χ0) is 11.7. The van der Waals surface area contributed by atoms with Crippen molar-refractivity contribution in [2.45, 2.75) is 61.3 Å². The Kier molecular flexibility index (Phi) is 11.3. The Labute approximate surface area is 101 Å². The highest BCUT2D eigenvalue weighted by Crippen LogP contribution is 2.12. The van der Waals surface area contributed by atoms with Gasteiger partial charge in [-0.15, -0.1) is 0 Å². The van der Waals surface area contributed by atoms with Gasteiger partial charge in [-0.3, -0.25) is 0 Å². The van der Waals surface area contributed by atoms with Crippen LogP contribution in [0.15, 0.2) is 12.3 Å². The summed E-state index contributed by atoms with van der Waals surface area (Å²) in [5, 5.41) is 0. The molecule has 1 aliphatic heterocycles. The molecule has 2 heteroatoms. The number of aryl methyl sites for hydroxylation is 2. The van der Waals surface area contributed by atoms with Crippen molar-refractivity contribution in [3.63, 3.8) is 0 Å². The van der Waals surface area contributed by atoms with E-state index in [1.165, 1.54) is 24.4 Å². The molecular weight excluding hydrogens is 196 g/mol. The van der Waals surface area contributed by atoms with E-state index in [4.69, 9.17) is 0 Å². The van der Waals surface area contributed by atoms with Gasteiger partial charge in [0, 0.05) is 24.5 Å². The Morgan fingerprint density at radius 1 is 1.19 bits per heavy atom. The van der Waals surface area contributed by atoms with Crippen LogP contribution in [0.3, 0.4) is 0 Å². The van der Waals surface area contributed by atoms with Crippen LogP contribution in [-0.2, 0) is 6.42 Å². The summed E-state index contributed by atoms with van der Waals surface area (Å²) in [5.41, 5.74) is 1.23. The van der Waals surface area contributed by atoms with Crippen LogP contribution in [0.1, 0.15) is 59.5 Å². The summed E-state index contributed by atoms with van der Waals surface area (Å²) in [6, 6.07) is 0. The first-order chi connectivity index (χ1) is 7.38. The van der Waals surface area contributed by atoms with Crippen molar-refractivity contribution in [1.82, 2.24) is 9.55 Å². The molecule has 0 N–H and O–H groups in total. The fourth-order valence-corrected chi connectivity index (χ4v) is 1.44. The Morgan fingerprint density at radius 2 is 1.81 bits per heavy atom. The van der Waals surface area contributed by atoms with Gasteiger partial charge in [0.1, 0.15) is 5.82 Å². The van der Waals surface area contributed by atoms with Gasteiger partial charge in [-0.25, -0.2) is 4.98 Å². The smallest absolute Gasteiger partial charge is 0.112 e. The molecule has 0 bridgehead atoms. The molecule has 16 heavy (non-hydrogen) atoms.